The molecular formula is C16H19F2N3O. The van der Waals surface area contributed by atoms with E-state index >= 15 is 0 Å². The second kappa shape index (κ2) is 7.15. The van der Waals surface area contributed by atoms with Gasteiger partial charge in [-0.2, -0.15) is 0 Å². The SMILES string of the molecule is Cc1ncn(CCNC(=O)CCc2ccc(F)c(F)c2)c1C. The maximum atomic E-state index is 13.0. The number of nitrogens with zero attached hydrogens (tertiary/aromatic N) is 2. The number of hydrogen-bond donors (Lipinski definition) is 1. The van der Waals surface area contributed by atoms with Crippen LogP contribution in [-0.4, -0.2) is 22.0 Å². The minimum atomic E-state index is -0.885. The molecule has 0 spiro atoms. The quantitative estimate of drug-likeness (QED) is 0.891. The molecule has 4 nitrogen and oxygen atoms in total. The zero-order valence-electron chi connectivity index (χ0n) is 12.7. The normalized spacial score (nSPS) is 10.7. The van der Waals surface area contributed by atoms with Gasteiger partial charge in [-0.05, 0) is 38.0 Å². The molecular weight excluding hydrogens is 288 g/mol. The maximum Gasteiger partial charge on any atom is 0.220 e. The molecule has 0 saturated heterocycles. The number of carbonyl (C=O) groups excluding carboxylic acids is 1. The highest BCUT2D eigenvalue weighted by molar-refractivity contribution is 5.76. The maximum absolute atomic E-state index is 13.0. The van der Waals surface area contributed by atoms with Crippen molar-refractivity contribution < 1.29 is 13.6 Å². The van der Waals surface area contributed by atoms with Gasteiger partial charge < -0.3 is 9.88 Å². The van der Waals surface area contributed by atoms with Crippen molar-refractivity contribution in [2.45, 2.75) is 33.2 Å². The number of carbonyl (C=O) groups is 1. The monoisotopic (exact) mass is 307 g/mol. The lowest BCUT2D eigenvalue weighted by Gasteiger charge is -2.08. The van der Waals surface area contributed by atoms with Crippen molar-refractivity contribution in [3.8, 4) is 0 Å². The van der Waals surface area contributed by atoms with Crippen LogP contribution >= 0.6 is 0 Å². The van der Waals surface area contributed by atoms with Gasteiger partial charge in [-0.15, -0.1) is 0 Å². The fourth-order valence-electron chi connectivity index (χ4n) is 2.13. The van der Waals surface area contributed by atoms with Crippen LogP contribution in [0.25, 0.3) is 0 Å². The summed E-state index contributed by atoms with van der Waals surface area (Å²) in [6.07, 6.45) is 2.37. The van der Waals surface area contributed by atoms with Crippen LogP contribution in [0.1, 0.15) is 23.4 Å². The van der Waals surface area contributed by atoms with E-state index in [1.807, 2.05) is 18.4 Å². The standard InChI is InChI=1S/C16H19F2N3O/c1-11-12(2)21(10-20-11)8-7-19-16(22)6-4-13-3-5-14(17)15(18)9-13/h3,5,9-10H,4,6-8H2,1-2H3,(H,19,22). The number of benzene rings is 1. The van der Waals surface area contributed by atoms with E-state index < -0.39 is 11.6 Å². The molecule has 0 radical (unpaired) electrons. The third kappa shape index (κ3) is 4.13. The Kier molecular flexibility index (Phi) is 5.25. The topological polar surface area (TPSA) is 46.9 Å². The molecule has 1 aromatic heterocycles. The second-order valence-corrected chi connectivity index (χ2v) is 5.21. The molecule has 0 unspecified atom stereocenters. The zero-order chi connectivity index (χ0) is 16.1. The third-order valence-corrected chi connectivity index (χ3v) is 3.64. The van der Waals surface area contributed by atoms with E-state index in [0.29, 0.717) is 25.1 Å². The van der Waals surface area contributed by atoms with Gasteiger partial charge in [0.25, 0.3) is 0 Å². The first kappa shape index (κ1) is 16.1. The Labute approximate surface area is 128 Å². The molecule has 0 atom stereocenters. The molecule has 1 amide bonds. The number of aromatic nitrogens is 2. The Morgan fingerprint density at radius 2 is 2.05 bits per heavy atom. The van der Waals surface area contributed by atoms with Gasteiger partial charge in [-0.3, -0.25) is 4.79 Å². The molecule has 0 aliphatic heterocycles. The van der Waals surface area contributed by atoms with Crippen molar-refractivity contribution >= 4 is 5.91 Å². The van der Waals surface area contributed by atoms with Gasteiger partial charge in [0.05, 0.1) is 12.0 Å². The van der Waals surface area contributed by atoms with Crippen LogP contribution in [-0.2, 0) is 17.8 Å². The Hall–Kier alpha value is -2.24. The van der Waals surface area contributed by atoms with E-state index in [1.54, 1.807) is 6.33 Å². The molecule has 6 heteroatoms. The molecule has 1 heterocycles. The lowest BCUT2D eigenvalue weighted by molar-refractivity contribution is -0.121. The summed E-state index contributed by atoms with van der Waals surface area (Å²) in [4.78, 5) is 15.9. The smallest absolute Gasteiger partial charge is 0.220 e. The van der Waals surface area contributed by atoms with Crippen molar-refractivity contribution in [3.05, 3.63) is 53.1 Å². The number of hydrogen-bond acceptors (Lipinski definition) is 2. The highest BCUT2D eigenvalue weighted by atomic mass is 19.2. The fraction of sp³-hybridized carbons (Fsp3) is 0.375. The van der Waals surface area contributed by atoms with Gasteiger partial charge in [-0.25, -0.2) is 13.8 Å². The number of imidazole rings is 1. The zero-order valence-corrected chi connectivity index (χ0v) is 12.7. The summed E-state index contributed by atoms with van der Waals surface area (Å²) in [6, 6.07) is 3.69. The number of nitrogens with one attached hydrogen (secondary N) is 1. The van der Waals surface area contributed by atoms with Crippen LogP contribution in [0, 0.1) is 25.5 Å². The first-order valence-electron chi connectivity index (χ1n) is 7.16. The van der Waals surface area contributed by atoms with Crippen LogP contribution in [0.15, 0.2) is 24.5 Å². The van der Waals surface area contributed by atoms with E-state index in [-0.39, 0.29) is 12.3 Å². The Balaban J connectivity index is 1.74. The third-order valence-electron chi connectivity index (χ3n) is 3.64. The molecule has 2 aromatic rings. The van der Waals surface area contributed by atoms with Crippen LogP contribution in [0.2, 0.25) is 0 Å². The van der Waals surface area contributed by atoms with Gasteiger partial charge in [0.1, 0.15) is 0 Å². The lowest BCUT2D eigenvalue weighted by atomic mass is 10.1. The molecule has 0 aliphatic carbocycles. The van der Waals surface area contributed by atoms with Gasteiger partial charge in [0, 0.05) is 25.2 Å². The molecule has 2 rings (SSSR count). The summed E-state index contributed by atoms with van der Waals surface area (Å²) in [5, 5.41) is 2.81. The summed E-state index contributed by atoms with van der Waals surface area (Å²) in [5.41, 5.74) is 2.66. The minimum Gasteiger partial charge on any atom is -0.354 e. The predicted molar refractivity (Wildman–Crippen MR) is 79.4 cm³/mol. The molecule has 22 heavy (non-hydrogen) atoms. The number of halogens is 2. The predicted octanol–water partition coefficient (Wildman–Crippen LogP) is 2.53. The van der Waals surface area contributed by atoms with Gasteiger partial charge in [0.2, 0.25) is 5.91 Å². The molecule has 118 valence electrons. The van der Waals surface area contributed by atoms with Gasteiger partial charge >= 0.3 is 0 Å². The number of aryl methyl sites for hydroxylation is 2. The van der Waals surface area contributed by atoms with Crippen LogP contribution < -0.4 is 5.32 Å². The Bertz CT molecular complexity index is 667. The van der Waals surface area contributed by atoms with Crippen molar-refractivity contribution in [2.75, 3.05) is 6.54 Å². The summed E-state index contributed by atoms with van der Waals surface area (Å²) >= 11 is 0. The molecule has 0 fully saturated rings. The largest absolute Gasteiger partial charge is 0.354 e. The van der Waals surface area contributed by atoms with E-state index in [2.05, 4.69) is 10.3 Å². The fourth-order valence-corrected chi connectivity index (χ4v) is 2.13. The summed E-state index contributed by atoms with van der Waals surface area (Å²) in [7, 11) is 0. The van der Waals surface area contributed by atoms with E-state index in [9.17, 15) is 13.6 Å². The second-order valence-electron chi connectivity index (χ2n) is 5.21. The molecule has 0 aliphatic rings. The lowest BCUT2D eigenvalue weighted by Crippen LogP contribution is -2.27. The van der Waals surface area contributed by atoms with Crippen LogP contribution in [0.4, 0.5) is 8.78 Å². The van der Waals surface area contributed by atoms with Crippen molar-refractivity contribution in [1.82, 2.24) is 14.9 Å². The van der Waals surface area contributed by atoms with Crippen LogP contribution in [0.3, 0.4) is 0 Å². The first-order chi connectivity index (χ1) is 10.5. The number of rotatable bonds is 6. The van der Waals surface area contributed by atoms with Crippen molar-refractivity contribution in [3.63, 3.8) is 0 Å². The van der Waals surface area contributed by atoms with E-state index in [1.165, 1.54) is 6.07 Å². The number of amides is 1. The van der Waals surface area contributed by atoms with Crippen molar-refractivity contribution in [2.24, 2.45) is 0 Å². The van der Waals surface area contributed by atoms with Crippen molar-refractivity contribution in [1.29, 1.82) is 0 Å². The highest BCUT2D eigenvalue weighted by Gasteiger charge is 2.06. The molecule has 1 N–H and O–H groups in total. The minimum absolute atomic E-state index is 0.112. The van der Waals surface area contributed by atoms with E-state index in [0.717, 1.165) is 23.5 Å². The molecule has 0 saturated carbocycles. The average Bonchev–Trinajstić information content (AvgIpc) is 2.80. The van der Waals surface area contributed by atoms with E-state index in [4.69, 9.17) is 0 Å². The summed E-state index contributed by atoms with van der Waals surface area (Å²) in [5.74, 6) is -1.87. The van der Waals surface area contributed by atoms with Gasteiger partial charge in [-0.1, -0.05) is 6.07 Å². The molecule has 0 bridgehead atoms. The highest BCUT2D eigenvalue weighted by Crippen LogP contribution is 2.10. The van der Waals surface area contributed by atoms with Crippen LogP contribution in [0.5, 0.6) is 0 Å². The average molecular weight is 307 g/mol. The first-order valence-corrected chi connectivity index (χ1v) is 7.16. The summed E-state index contributed by atoms with van der Waals surface area (Å²) in [6.45, 7) is 5.08. The Morgan fingerprint density at radius 1 is 1.27 bits per heavy atom. The summed E-state index contributed by atoms with van der Waals surface area (Å²) < 4.78 is 27.8. The molecule has 1 aromatic carbocycles. The van der Waals surface area contributed by atoms with Gasteiger partial charge in [0.15, 0.2) is 11.6 Å². The Morgan fingerprint density at radius 3 is 2.68 bits per heavy atom.